The number of carbonyl (C=O) groups excluding carboxylic acids is 2. The Labute approximate surface area is 735 Å². The second-order valence-electron chi connectivity index (χ2n) is 37.0. The number of carbonyl (C=O) groups is 2. The fraction of sp³-hybridized carbons (Fsp3) is 0.778. The van der Waals surface area contributed by atoms with Crippen LogP contribution in [-0.2, 0) is 19.1 Å². The number of hydroxylamine groups is 2. The molecule has 8 aliphatic carbocycles. The van der Waals surface area contributed by atoms with Gasteiger partial charge in [0.15, 0.2) is 5.78 Å². The number of hydrogen-bond acceptors (Lipinski definition) is 9. The van der Waals surface area contributed by atoms with Gasteiger partial charge in [-0.25, -0.2) is 5.06 Å². The molecule has 536 valence electrons. The van der Waals surface area contributed by atoms with E-state index in [0.717, 1.165) is 111 Å². The number of hydrogen-bond donors (Lipinski definition) is 2. The number of rotatable bonds is 28. The molecule has 0 saturated heterocycles. The molecule has 51 heteroatoms. The van der Waals surface area contributed by atoms with Crippen LogP contribution in [0.4, 0.5) is 0 Å². The van der Waals surface area contributed by atoms with Crippen molar-refractivity contribution in [3.8, 4) is 11.5 Å². The molecular weight excluding hydrogens is 1430 g/mol. The van der Waals surface area contributed by atoms with E-state index in [-0.39, 0.29) is 46.8 Å². The van der Waals surface area contributed by atoms with Crippen molar-refractivity contribution in [2.24, 2.45) is 80.8 Å². The zero-order valence-corrected chi connectivity index (χ0v) is 71.6. The number of ketones is 1. The maximum Gasteiger partial charge on any atom is 0.249 e. The van der Waals surface area contributed by atoms with Crippen LogP contribution in [0.1, 0.15) is 172 Å². The number of benzene rings is 2. The van der Waals surface area contributed by atoms with Gasteiger partial charge >= 0.3 is 0 Å². The lowest BCUT2D eigenvalue weighted by molar-refractivity contribution is -0.188. The Kier molecular flexibility index (Phi) is 39.1. The first-order chi connectivity index (χ1) is 52.7. The number of Topliss-reactive ketones (excluding diaryl/α,β-unsaturated/α-hetero) is 1. The third kappa shape index (κ3) is 22.5. The topological polar surface area (TPSA) is 124 Å². The summed E-state index contributed by atoms with van der Waals surface area (Å²) in [7, 11) is 141. The standard InChI is InChI=1S/C30H44O4.C24H41NO4.C8H9BrO.CH4.B40/c1-19-16-21(34-5)7-9-22(19)27(31)26-11-10-24-23-8-6-20-17-28(2,32)14-15-30(20,18-33-4)25(23)12-13-29(24,26)3;1-22(27)12-13-24(15-28-4)16(14-22)6-7-17-18-8-9-20(21(26)25(3)29-5)23(18,2)11-10-19(17)24;1-6-5-7(10-2)3-4-8(6)9;;1-22(2)32(21)37(31(19)20)40(38(33(23(3)4)24(5)6)34(25(7)8)26(9)10)39(35(27(11)12)28(13)14)36(29(15)16)30(17)18/h7,9,16,20,23-26,32H,6,8,10-15,17-18H2,1-5H3;16-20,27H,6-15H2,1-5H3;3-5H,1-2H3;1H4;/t20-,23-,24-,25-,26+,28+,29-,30+;16-,17-,18-,19-,20+,22+,23-,24+;;;/m00.../s1. The Hall–Kier alpha value is 0.0574. The quantitative estimate of drug-likeness (QED) is 0.0593. The molecule has 0 aromatic heterocycles. The number of halogens is 1. The Balaban J connectivity index is 0.000000251. The Morgan fingerprint density at radius 3 is 1.12 bits per heavy atom. The zero-order valence-electron chi connectivity index (χ0n) is 70.1. The average molecular weight is 1530 g/mol. The molecule has 8 saturated carbocycles. The summed E-state index contributed by atoms with van der Waals surface area (Å²) in [4.78, 5) is 32.1. The van der Waals surface area contributed by atoms with Crippen LogP contribution >= 0.6 is 15.9 Å². The lowest BCUT2D eigenvalue weighted by Crippen LogP contribution is -2.92. The third-order valence-electron chi connectivity index (χ3n) is 30.4. The predicted molar refractivity (Wildman–Crippen MR) is 528 cm³/mol. The van der Waals surface area contributed by atoms with Gasteiger partial charge in [-0.1, -0.05) is 37.2 Å². The van der Waals surface area contributed by atoms with Crippen molar-refractivity contribution >= 4 is 311 Å². The van der Waals surface area contributed by atoms with E-state index >= 15 is 0 Å². The summed E-state index contributed by atoms with van der Waals surface area (Å²) in [6.45, 7) is 14.6. The highest BCUT2D eigenvalue weighted by Gasteiger charge is 2.66. The van der Waals surface area contributed by atoms with Gasteiger partial charge in [0.2, 0.25) is 5.91 Å². The summed E-state index contributed by atoms with van der Waals surface area (Å²) >= 11 is 3.40. The molecule has 8 fully saturated rings. The molecule has 1 amide bonds. The van der Waals surface area contributed by atoms with E-state index in [0.29, 0.717) is 53.1 Å². The molecule has 0 bridgehead atoms. The zero-order chi connectivity index (χ0) is 84.9. The van der Waals surface area contributed by atoms with Gasteiger partial charge in [-0.05, 0) is 260 Å². The molecule has 0 spiro atoms. The first kappa shape index (κ1) is 103. The van der Waals surface area contributed by atoms with Crippen LogP contribution < -0.4 is 9.47 Å². The SMILES string of the molecule is C.COC[C@]12CC[C@@](C)(O)C[C@@H]1CC[C@H]1[C@@H]3CC[C@H](C(=O)N(C)OC)[C@@]3(C)CC[C@@H]12.COC[C@]12CC[C@@](C)(O)C[C@@H]1CC[C@H]1[C@@H]3CC[C@H](C(=O)c4ccc(OC)cc4C)[C@@]3(C)CC[C@@H]12.COc1ccc(Br)c(C)c1.[B]B([B])B([B])B(B([B])[B])B(B(B(B([B])[B])B([B])[B])B(B([B])[B])B([B])[B])B(B(B([B])[B])B([B])[B])B(B([B])[B])B([B])[B]. The third-order valence-corrected chi connectivity index (χ3v) is 31.3. The number of fused-ring (bicyclic) bond motifs is 10. The van der Waals surface area contributed by atoms with Crippen LogP contribution in [0.25, 0.3) is 0 Å². The van der Waals surface area contributed by atoms with Gasteiger partial charge in [-0.3, -0.25) is 14.4 Å². The van der Waals surface area contributed by atoms with Crippen LogP contribution in [0.5, 0.6) is 11.5 Å². The van der Waals surface area contributed by atoms with E-state index in [2.05, 4.69) is 29.8 Å². The minimum atomic E-state index is -1.25. The van der Waals surface area contributed by atoms with Crippen molar-refractivity contribution in [2.45, 2.75) is 176 Å². The smallest absolute Gasteiger partial charge is 0.249 e. The number of aliphatic hydroxyl groups is 2. The van der Waals surface area contributed by atoms with Gasteiger partial charge < -0.3 is 29.2 Å². The molecule has 16 atom stereocenters. The summed E-state index contributed by atoms with van der Waals surface area (Å²) < 4.78 is 23.3. The maximum absolute atomic E-state index is 13.9. The second kappa shape index (κ2) is 43.3. The molecule has 0 aliphatic heterocycles. The number of nitrogens with zero attached hydrogens (tertiary/aromatic N) is 1. The van der Waals surface area contributed by atoms with Crippen LogP contribution in [0.2, 0.25) is 0 Å². The van der Waals surface area contributed by atoms with Gasteiger partial charge in [0.1, 0.15) is 11.5 Å². The summed E-state index contributed by atoms with van der Waals surface area (Å²) in [5, 5.41) is 23.1. The van der Waals surface area contributed by atoms with Crippen molar-refractivity contribution < 1.29 is 43.6 Å². The Bertz CT molecular complexity index is 3260. The summed E-state index contributed by atoms with van der Waals surface area (Å²) in [6.07, 6.45) is -2.03. The molecule has 10 rings (SSSR count). The summed E-state index contributed by atoms with van der Waals surface area (Å²) in [5.41, 5.74) is 2.65. The van der Waals surface area contributed by atoms with E-state index < -0.39 is 133 Å². The van der Waals surface area contributed by atoms with Crippen LogP contribution in [-0.4, -0.2) is 378 Å². The van der Waals surface area contributed by atoms with E-state index in [1.807, 2.05) is 78.3 Å². The van der Waals surface area contributed by atoms with E-state index in [9.17, 15) is 19.8 Å². The highest BCUT2D eigenvalue weighted by molar-refractivity contribution is 9.10. The maximum atomic E-state index is 13.9. The van der Waals surface area contributed by atoms with Gasteiger partial charge in [-0.2, -0.15) is 0 Å². The van der Waals surface area contributed by atoms with Crippen molar-refractivity contribution in [1.29, 1.82) is 0 Å². The molecule has 0 heterocycles. The van der Waals surface area contributed by atoms with Crippen molar-refractivity contribution in [3.05, 3.63) is 57.6 Å². The largest absolute Gasteiger partial charge is 0.497 e. The Morgan fingerprint density at radius 2 is 0.789 bits per heavy atom. The van der Waals surface area contributed by atoms with Crippen LogP contribution in [0, 0.1) is 94.7 Å². The fourth-order valence-corrected chi connectivity index (χ4v) is 25.3. The molecular formula is C63H98B40BrNO9. The number of amides is 1. The van der Waals surface area contributed by atoms with Crippen molar-refractivity contribution in [1.82, 2.24) is 5.06 Å². The fourth-order valence-electron chi connectivity index (χ4n) is 25.1. The molecule has 0 unspecified atom stereocenters. The molecule has 114 heavy (non-hydrogen) atoms. The summed E-state index contributed by atoms with van der Waals surface area (Å²) in [5.74, 6) is 7.50. The lowest BCUT2D eigenvalue weighted by atomic mass is 8.27. The molecule has 8 aliphatic rings. The monoisotopic (exact) mass is 1530 g/mol. The van der Waals surface area contributed by atoms with Gasteiger partial charge in [0.25, 0.3) is 0 Å². The molecule has 2 aromatic carbocycles. The predicted octanol–water partition coefficient (Wildman–Crippen LogP) is -1.56. The normalized spacial score (nSPS) is 29.7. The minimum Gasteiger partial charge on any atom is -0.497 e. The molecule has 2 aromatic rings. The highest BCUT2D eigenvalue weighted by atomic mass is 79.9. The average Bonchev–Trinajstić information content (AvgIpc) is 1.40. The van der Waals surface area contributed by atoms with Gasteiger partial charge in [0.05, 0.1) is 45.7 Å². The van der Waals surface area contributed by atoms with E-state index in [1.165, 1.54) is 55.6 Å². The lowest BCUT2D eigenvalue weighted by Gasteiger charge is -2.62. The molecule has 2 N–H and O–H groups in total. The van der Waals surface area contributed by atoms with Crippen molar-refractivity contribution in [3.63, 3.8) is 0 Å². The van der Waals surface area contributed by atoms with Crippen LogP contribution in [0.15, 0.2) is 40.9 Å². The second-order valence-corrected chi connectivity index (χ2v) is 37.9. The van der Waals surface area contributed by atoms with E-state index in [1.54, 1.807) is 28.4 Å². The van der Waals surface area contributed by atoms with Gasteiger partial charge in [0, 0.05) is 327 Å². The van der Waals surface area contributed by atoms with E-state index in [4.69, 9.17) is 186 Å². The number of ether oxygens (including phenoxy) is 4. The van der Waals surface area contributed by atoms with Crippen LogP contribution in [0.3, 0.4) is 0 Å². The molecule has 10 nitrogen and oxygen atoms in total. The minimum absolute atomic E-state index is 0. The summed E-state index contributed by atoms with van der Waals surface area (Å²) in [6, 6.07) is 11.8. The first-order valence-corrected chi connectivity index (χ1v) is 42.1. The number of aryl methyl sites for hydroxylation is 2. The van der Waals surface area contributed by atoms with Crippen molar-refractivity contribution in [2.75, 3.05) is 55.8 Å². The Morgan fingerprint density at radius 1 is 0.439 bits per heavy atom. The van der Waals surface area contributed by atoms with Gasteiger partial charge in [-0.15, -0.1) is 0 Å². The highest BCUT2D eigenvalue weighted by Crippen LogP contribution is 2.70. The molecule has 42 radical (unpaired) electrons. The number of methoxy groups -OCH3 is 4. The first-order valence-electron chi connectivity index (χ1n) is 41.3.